The molecule has 1 heterocycles. The molecule has 0 spiro atoms. The number of anilines is 3. The van der Waals surface area contributed by atoms with Gasteiger partial charge in [0.2, 0.25) is 0 Å². The quantitative estimate of drug-likeness (QED) is 0.155. The van der Waals surface area contributed by atoms with Crippen LogP contribution in [-0.2, 0) is 5.41 Å². The minimum absolute atomic E-state index is 0.522. The van der Waals surface area contributed by atoms with E-state index in [2.05, 4.69) is 241 Å². The van der Waals surface area contributed by atoms with E-state index in [9.17, 15) is 0 Å². The van der Waals surface area contributed by atoms with Crippen molar-refractivity contribution in [1.82, 2.24) is 0 Å². The first-order chi connectivity index (χ1) is 30.3. The summed E-state index contributed by atoms with van der Waals surface area (Å²) in [7, 11) is 0. The summed E-state index contributed by atoms with van der Waals surface area (Å²) in [5, 5.41) is 5.01. The Balaban J connectivity index is 1.18. The number of rotatable bonds is 7. The molecule has 0 fully saturated rings. The number of fused-ring (bicyclic) bond motifs is 7. The zero-order valence-corrected chi connectivity index (χ0v) is 34.2. The Morgan fingerprint density at radius 3 is 1.72 bits per heavy atom. The molecule has 0 radical (unpaired) electrons. The fraction of sp³-hybridized carbons (Fsp3) is 0.0169. The van der Waals surface area contributed by atoms with E-state index in [0.717, 1.165) is 17.1 Å². The maximum atomic E-state index is 2.57. The van der Waals surface area contributed by atoms with Crippen LogP contribution in [0.4, 0.5) is 17.1 Å². The molecule has 0 N–H and O–H groups in total. The van der Waals surface area contributed by atoms with Gasteiger partial charge in [-0.3, -0.25) is 0 Å². The third-order valence-electron chi connectivity index (χ3n) is 12.7. The van der Waals surface area contributed by atoms with E-state index < -0.39 is 5.41 Å². The highest BCUT2D eigenvalue weighted by Crippen LogP contribution is 2.60. The second kappa shape index (κ2) is 14.3. The number of hydrogen-bond donors (Lipinski definition) is 0. The van der Waals surface area contributed by atoms with Crippen LogP contribution < -0.4 is 4.90 Å². The summed E-state index contributed by atoms with van der Waals surface area (Å²) >= 11 is 1.88. The predicted octanol–water partition coefficient (Wildman–Crippen LogP) is 16.4. The van der Waals surface area contributed by atoms with Crippen molar-refractivity contribution >= 4 is 59.3 Å². The van der Waals surface area contributed by atoms with Crippen molar-refractivity contribution in [2.75, 3.05) is 4.90 Å². The summed E-state index contributed by atoms with van der Waals surface area (Å²) in [6.45, 7) is 0. The van der Waals surface area contributed by atoms with Crippen molar-refractivity contribution in [3.8, 4) is 33.4 Å². The maximum Gasteiger partial charge on any atom is 0.0714 e. The molecule has 0 amide bonds. The van der Waals surface area contributed by atoms with Crippen molar-refractivity contribution in [2.24, 2.45) is 0 Å². The Labute approximate surface area is 360 Å². The Bertz CT molecular complexity index is 3380. The molecular weight excluding hydrogens is 755 g/mol. The summed E-state index contributed by atoms with van der Waals surface area (Å²) in [4.78, 5) is 2.57. The van der Waals surface area contributed by atoms with Gasteiger partial charge in [0.05, 0.1) is 27.2 Å². The van der Waals surface area contributed by atoms with Crippen molar-refractivity contribution in [2.45, 2.75) is 5.41 Å². The molecule has 10 aromatic carbocycles. The first-order valence-corrected chi connectivity index (χ1v) is 21.8. The van der Waals surface area contributed by atoms with Gasteiger partial charge in [0, 0.05) is 26.6 Å². The van der Waals surface area contributed by atoms with E-state index in [1.807, 2.05) is 11.3 Å². The summed E-state index contributed by atoms with van der Waals surface area (Å²) < 4.78 is 2.54. The van der Waals surface area contributed by atoms with Crippen LogP contribution in [-0.4, -0.2) is 0 Å². The molecular formula is C59H39NS. The van der Waals surface area contributed by atoms with E-state index in [1.54, 1.807) is 0 Å². The van der Waals surface area contributed by atoms with Gasteiger partial charge in [-0.2, -0.15) is 0 Å². The largest absolute Gasteiger partial charge is 0.308 e. The number of hydrogen-bond acceptors (Lipinski definition) is 2. The molecule has 0 atom stereocenters. The number of nitrogens with zero attached hydrogens (tertiary/aromatic N) is 1. The minimum Gasteiger partial charge on any atom is -0.308 e. The molecule has 0 unspecified atom stereocenters. The predicted molar refractivity (Wildman–Crippen MR) is 260 cm³/mol. The van der Waals surface area contributed by atoms with E-state index in [1.165, 1.54) is 86.6 Å². The lowest BCUT2D eigenvalue weighted by Gasteiger charge is -2.34. The average Bonchev–Trinajstić information content (AvgIpc) is 3.87. The zero-order chi connectivity index (χ0) is 40.3. The highest BCUT2D eigenvalue weighted by atomic mass is 32.1. The third-order valence-corrected chi connectivity index (χ3v) is 13.9. The molecule has 0 bridgehead atoms. The van der Waals surface area contributed by atoms with Crippen LogP contribution in [0.15, 0.2) is 237 Å². The molecule has 1 aliphatic rings. The van der Waals surface area contributed by atoms with Crippen molar-refractivity contribution in [3.63, 3.8) is 0 Å². The second-order valence-electron chi connectivity index (χ2n) is 16.0. The number of benzene rings is 10. The molecule has 1 nitrogen and oxygen atoms in total. The van der Waals surface area contributed by atoms with Crippen LogP contribution >= 0.6 is 11.3 Å². The standard InChI is InChI=1S/C59H39NS/c1-4-18-40(19-5-1)43-36-37-56-50(39-43)48-28-16-33-55(58(48)61-56)60(53-31-15-13-26-47(53)44-35-34-41-20-10-11-21-42(41)38-44)54-32-17-30-52-57(54)49-27-12-14-29-51(49)59(52,45-22-6-2-7-23-45)46-24-8-3-9-25-46/h1-39H. The zero-order valence-electron chi connectivity index (χ0n) is 33.4. The number of thiophene rings is 1. The van der Waals surface area contributed by atoms with Gasteiger partial charge >= 0.3 is 0 Å². The molecule has 1 aliphatic carbocycles. The molecule has 12 rings (SSSR count). The molecule has 2 heteroatoms. The fourth-order valence-electron chi connectivity index (χ4n) is 10.1. The van der Waals surface area contributed by atoms with Crippen molar-refractivity contribution in [1.29, 1.82) is 0 Å². The minimum atomic E-state index is -0.522. The van der Waals surface area contributed by atoms with E-state index >= 15 is 0 Å². The first kappa shape index (κ1) is 35.4. The molecule has 11 aromatic rings. The van der Waals surface area contributed by atoms with Gasteiger partial charge in [0.25, 0.3) is 0 Å². The molecule has 0 saturated heterocycles. The highest BCUT2D eigenvalue weighted by molar-refractivity contribution is 7.26. The smallest absolute Gasteiger partial charge is 0.0714 e. The second-order valence-corrected chi connectivity index (χ2v) is 17.0. The molecule has 0 saturated carbocycles. The topological polar surface area (TPSA) is 3.24 Å². The third kappa shape index (κ3) is 5.53. The van der Waals surface area contributed by atoms with E-state index in [0.29, 0.717) is 0 Å². The summed E-state index contributed by atoms with van der Waals surface area (Å²) in [6.07, 6.45) is 0. The van der Waals surface area contributed by atoms with Gasteiger partial charge in [-0.25, -0.2) is 0 Å². The fourth-order valence-corrected chi connectivity index (χ4v) is 11.3. The lowest BCUT2D eigenvalue weighted by Crippen LogP contribution is -2.28. The summed E-state index contributed by atoms with van der Waals surface area (Å²) in [5.74, 6) is 0. The van der Waals surface area contributed by atoms with Crippen LogP contribution in [0, 0.1) is 0 Å². The van der Waals surface area contributed by atoms with Crippen LogP contribution in [0.2, 0.25) is 0 Å². The lowest BCUT2D eigenvalue weighted by molar-refractivity contribution is 0.768. The summed E-state index contributed by atoms with van der Waals surface area (Å²) in [6, 6.07) is 87.4. The van der Waals surface area contributed by atoms with Gasteiger partial charge in [-0.15, -0.1) is 11.3 Å². The lowest BCUT2D eigenvalue weighted by atomic mass is 9.68. The van der Waals surface area contributed by atoms with Crippen molar-refractivity contribution < 1.29 is 0 Å². The van der Waals surface area contributed by atoms with Gasteiger partial charge in [0.1, 0.15) is 0 Å². The van der Waals surface area contributed by atoms with Gasteiger partial charge in [-0.05, 0) is 91.7 Å². The summed E-state index contributed by atoms with van der Waals surface area (Å²) in [5.41, 5.74) is 15.4. The van der Waals surface area contributed by atoms with Gasteiger partial charge < -0.3 is 4.90 Å². The SMILES string of the molecule is c1ccc(-c2ccc3sc4c(N(c5ccccc5-c5ccc6ccccc6c5)c5cccc6c5-c5ccccc5C6(c5ccccc5)c5ccccc5)cccc4c3c2)cc1. The van der Waals surface area contributed by atoms with E-state index in [4.69, 9.17) is 0 Å². The van der Waals surface area contributed by atoms with Gasteiger partial charge in [0.15, 0.2) is 0 Å². The van der Waals surface area contributed by atoms with Gasteiger partial charge in [-0.1, -0.05) is 200 Å². The highest BCUT2D eigenvalue weighted by Gasteiger charge is 2.47. The molecule has 0 aliphatic heterocycles. The molecule has 1 aromatic heterocycles. The van der Waals surface area contributed by atoms with Crippen LogP contribution in [0.1, 0.15) is 22.3 Å². The van der Waals surface area contributed by atoms with Crippen LogP contribution in [0.25, 0.3) is 64.3 Å². The average molecular weight is 794 g/mol. The van der Waals surface area contributed by atoms with Crippen molar-refractivity contribution in [3.05, 3.63) is 259 Å². The maximum absolute atomic E-state index is 2.57. The monoisotopic (exact) mass is 793 g/mol. The van der Waals surface area contributed by atoms with E-state index in [-0.39, 0.29) is 0 Å². The Kier molecular flexibility index (Phi) is 8.33. The Morgan fingerprint density at radius 2 is 0.934 bits per heavy atom. The molecule has 61 heavy (non-hydrogen) atoms. The van der Waals surface area contributed by atoms with Crippen LogP contribution in [0.3, 0.4) is 0 Å². The number of para-hydroxylation sites is 1. The molecule has 286 valence electrons. The Hall–Kier alpha value is -7.52. The first-order valence-electron chi connectivity index (χ1n) is 21.0. The Morgan fingerprint density at radius 1 is 0.344 bits per heavy atom. The van der Waals surface area contributed by atoms with Crippen LogP contribution in [0.5, 0.6) is 0 Å². The normalized spacial score (nSPS) is 12.7.